The van der Waals surface area contributed by atoms with E-state index in [4.69, 9.17) is 4.74 Å². The number of rotatable bonds is 7. The summed E-state index contributed by atoms with van der Waals surface area (Å²) in [6, 6.07) is 15.7. The Morgan fingerprint density at radius 1 is 1.06 bits per heavy atom. The molecule has 3 aromatic carbocycles. The molecule has 0 fully saturated rings. The molecule has 0 saturated heterocycles. The first-order valence-corrected chi connectivity index (χ1v) is 9.65. The monoisotopic (exact) mass is 448 g/mol. The van der Waals surface area contributed by atoms with E-state index in [1.54, 1.807) is 24.3 Å². The molecule has 0 spiro atoms. The highest BCUT2D eigenvalue weighted by atomic mass is 16.6. The lowest BCUT2D eigenvalue weighted by atomic mass is 10.1. The lowest BCUT2D eigenvalue weighted by molar-refractivity contribution is -0.385. The van der Waals surface area contributed by atoms with E-state index >= 15 is 0 Å². The standard InChI is InChI=1S/C23H20N4O6/c1-14-6-8-15(9-7-14)22(29)25-18-5-3-4-16(10-18)23(30)26-24-13-17-11-19(33-2)12-20(21(17)28)27(31)32/h3-13,28H,1-2H3,(H,25,29)(H,26,30)/b24-13-. The van der Waals surface area contributed by atoms with Gasteiger partial charge in [0.2, 0.25) is 5.75 Å². The van der Waals surface area contributed by atoms with Gasteiger partial charge in [-0.25, -0.2) is 5.43 Å². The van der Waals surface area contributed by atoms with E-state index in [1.807, 2.05) is 19.1 Å². The van der Waals surface area contributed by atoms with Crippen LogP contribution in [0.1, 0.15) is 31.8 Å². The molecule has 10 nitrogen and oxygen atoms in total. The second-order valence-electron chi connectivity index (χ2n) is 6.94. The van der Waals surface area contributed by atoms with Gasteiger partial charge in [-0.3, -0.25) is 19.7 Å². The molecule has 10 heteroatoms. The van der Waals surface area contributed by atoms with Crippen LogP contribution < -0.4 is 15.5 Å². The van der Waals surface area contributed by atoms with Crippen molar-refractivity contribution in [1.82, 2.24) is 5.43 Å². The minimum Gasteiger partial charge on any atom is -0.502 e. The van der Waals surface area contributed by atoms with Gasteiger partial charge in [0.1, 0.15) is 5.75 Å². The minimum atomic E-state index is -0.760. The Morgan fingerprint density at radius 3 is 2.45 bits per heavy atom. The fourth-order valence-electron chi connectivity index (χ4n) is 2.84. The largest absolute Gasteiger partial charge is 0.502 e. The van der Waals surface area contributed by atoms with E-state index in [9.17, 15) is 24.8 Å². The third-order valence-electron chi connectivity index (χ3n) is 4.59. The Labute approximate surface area is 188 Å². The Balaban J connectivity index is 1.71. The lowest BCUT2D eigenvalue weighted by Gasteiger charge is -2.07. The van der Waals surface area contributed by atoms with Crippen molar-refractivity contribution < 1.29 is 24.4 Å². The van der Waals surface area contributed by atoms with Crippen LogP contribution >= 0.6 is 0 Å². The van der Waals surface area contributed by atoms with Crippen molar-refractivity contribution in [3.05, 3.63) is 93.0 Å². The average Bonchev–Trinajstić information content (AvgIpc) is 2.80. The van der Waals surface area contributed by atoms with Crippen molar-refractivity contribution in [1.29, 1.82) is 0 Å². The number of nitro benzene ring substituents is 1. The van der Waals surface area contributed by atoms with E-state index in [0.717, 1.165) is 17.8 Å². The topological polar surface area (TPSA) is 143 Å². The summed E-state index contributed by atoms with van der Waals surface area (Å²) < 4.78 is 4.98. The number of amides is 2. The van der Waals surface area contributed by atoms with Crippen molar-refractivity contribution in [3.8, 4) is 11.5 Å². The van der Waals surface area contributed by atoms with Crippen LogP contribution in [0.25, 0.3) is 0 Å². The van der Waals surface area contributed by atoms with Gasteiger partial charge in [-0.1, -0.05) is 23.8 Å². The summed E-state index contributed by atoms with van der Waals surface area (Å²) in [7, 11) is 1.32. The van der Waals surface area contributed by atoms with Gasteiger partial charge in [0, 0.05) is 22.4 Å². The van der Waals surface area contributed by atoms with E-state index < -0.39 is 22.3 Å². The third kappa shape index (κ3) is 5.70. The molecule has 0 aliphatic heterocycles. The molecule has 3 N–H and O–H groups in total. The fourth-order valence-corrected chi connectivity index (χ4v) is 2.84. The van der Waals surface area contributed by atoms with E-state index in [2.05, 4.69) is 15.8 Å². The first-order chi connectivity index (χ1) is 15.8. The number of methoxy groups -OCH3 is 1. The number of carbonyl (C=O) groups excluding carboxylic acids is 2. The SMILES string of the molecule is COc1cc(/C=N\NC(=O)c2cccc(NC(=O)c3ccc(C)cc3)c2)c(O)c([N+](=O)[O-])c1. The van der Waals surface area contributed by atoms with Gasteiger partial charge >= 0.3 is 5.69 Å². The van der Waals surface area contributed by atoms with Gasteiger partial charge in [0.15, 0.2) is 0 Å². The zero-order valence-corrected chi connectivity index (χ0v) is 17.7. The second kappa shape index (κ2) is 10.1. The molecule has 3 rings (SSSR count). The van der Waals surface area contributed by atoms with Gasteiger partial charge in [0.05, 0.1) is 24.3 Å². The lowest BCUT2D eigenvalue weighted by Crippen LogP contribution is -2.18. The van der Waals surface area contributed by atoms with Crippen LogP contribution in [0.4, 0.5) is 11.4 Å². The summed E-state index contributed by atoms with van der Waals surface area (Å²) in [6.45, 7) is 1.92. The Kier molecular flexibility index (Phi) is 6.99. The molecule has 168 valence electrons. The number of phenolic OH excluding ortho intramolecular Hbond substituents is 1. The number of benzene rings is 3. The molecule has 33 heavy (non-hydrogen) atoms. The number of phenols is 1. The zero-order valence-electron chi connectivity index (χ0n) is 17.7. The summed E-state index contributed by atoms with van der Waals surface area (Å²) >= 11 is 0. The maximum Gasteiger partial charge on any atom is 0.315 e. The maximum absolute atomic E-state index is 12.4. The first-order valence-electron chi connectivity index (χ1n) is 9.65. The van der Waals surface area contributed by atoms with Gasteiger partial charge in [-0.2, -0.15) is 5.10 Å². The molecule has 0 aromatic heterocycles. The van der Waals surface area contributed by atoms with Crippen molar-refractivity contribution in [3.63, 3.8) is 0 Å². The number of hydrazone groups is 1. The maximum atomic E-state index is 12.4. The molecule has 3 aromatic rings. The number of anilines is 1. The quantitative estimate of drug-likeness (QED) is 0.286. The van der Waals surface area contributed by atoms with Crippen LogP contribution in [0.15, 0.2) is 65.8 Å². The smallest absolute Gasteiger partial charge is 0.315 e. The summed E-state index contributed by atoms with van der Waals surface area (Å²) in [5.74, 6) is -1.38. The minimum absolute atomic E-state index is 0.0135. The predicted molar refractivity (Wildman–Crippen MR) is 122 cm³/mol. The van der Waals surface area contributed by atoms with Crippen molar-refractivity contribution in [2.45, 2.75) is 6.92 Å². The number of aromatic hydroxyl groups is 1. The highest BCUT2D eigenvalue weighted by Gasteiger charge is 2.19. The van der Waals surface area contributed by atoms with Crippen molar-refractivity contribution in [2.24, 2.45) is 5.10 Å². The first kappa shape index (κ1) is 22.9. The number of hydrogen-bond donors (Lipinski definition) is 3. The van der Waals surface area contributed by atoms with E-state index in [1.165, 1.54) is 25.3 Å². The number of nitrogens with zero attached hydrogens (tertiary/aromatic N) is 2. The van der Waals surface area contributed by atoms with Gasteiger partial charge < -0.3 is 15.2 Å². The van der Waals surface area contributed by atoms with Crippen molar-refractivity contribution in [2.75, 3.05) is 12.4 Å². The molecule has 0 saturated carbocycles. The molecule has 2 amide bonds. The third-order valence-corrected chi connectivity index (χ3v) is 4.59. The normalized spacial score (nSPS) is 10.6. The number of carbonyl (C=O) groups is 2. The van der Waals surface area contributed by atoms with Crippen LogP contribution in [0, 0.1) is 17.0 Å². The zero-order chi connectivity index (χ0) is 24.0. The van der Waals surface area contributed by atoms with Gasteiger partial charge in [-0.15, -0.1) is 0 Å². The van der Waals surface area contributed by atoms with Crippen LogP contribution in [0.3, 0.4) is 0 Å². The molecular formula is C23H20N4O6. The number of nitrogens with one attached hydrogen (secondary N) is 2. The predicted octanol–water partition coefficient (Wildman–Crippen LogP) is 3.63. The van der Waals surface area contributed by atoms with Crippen LogP contribution in [-0.2, 0) is 0 Å². The second-order valence-corrected chi connectivity index (χ2v) is 6.94. The molecule has 0 radical (unpaired) electrons. The van der Waals surface area contributed by atoms with E-state index in [0.29, 0.717) is 11.3 Å². The van der Waals surface area contributed by atoms with Crippen LogP contribution in [-0.4, -0.2) is 35.2 Å². The molecule has 0 unspecified atom stereocenters. The molecule has 0 atom stereocenters. The highest BCUT2D eigenvalue weighted by molar-refractivity contribution is 6.05. The van der Waals surface area contributed by atoms with Gasteiger partial charge in [0.25, 0.3) is 11.8 Å². The van der Waals surface area contributed by atoms with Crippen LogP contribution in [0.5, 0.6) is 11.5 Å². The number of ether oxygens (including phenoxy) is 1. The number of hydrogen-bond acceptors (Lipinski definition) is 7. The molecular weight excluding hydrogens is 428 g/mol. The average molecular weight is 448 g/mol. The Bertz CT molecular complexity index is 1240. The Hall–Kier alpha value is -4.73. The fraction of sp³-hybridized carbons (Fsp3) is 0.0870. The summed E-state index contributed by atoms with van der Waals surface area (Å²) in [5.41, 5.74) is 3.85. The van der Waals surface area contributed by atoms with Crippen molar-refractivity contribution >= 4 is 29.4 Å². The highest BCUT2D eigenvalue weighted by Crippen LogP contribution is 2.33. The Morgan fingerprint density at radius 2 is 1.79 bits per heavy atom. The molecule has 0 aliphatic carbocycles. The molecule has 0 heterocycles. The van der Waals surface area contributed by atoms with Crippen LogP contribution in [0.2, 0.25) is 0 Å². The summed E-state index contributed by atoms with van der Waals surface area (Å²) in [4.78, 5) is 35.1. The summed E-state index contributed by atoms with van der Waals surface area (Å²) in [6.07, 6.45) is 1.06. The number of nitro groups is 1. The van der Waals surface area contributed by atoms with E-state index in [-0.39, 0.29) is 22.8 Å². The summed E-state index contributed by atoms with van der Waals surface area (Å²) in [5, 5.41) is 27.6. The number of aryl methyl sites for hydroxylation is 1. The van der Waals surface area contributed by atoms with Gasteiger partial charge in [-0.05, 0) is 43.3 Å². The molecule has 0 aliphatic rings. The molecule has 0 bridgehead atoms.